The van der Waals surface area contributed by atoms with Crippen molar-refractivity contribution in [2.45, 2.75) is 19.3 Å². The number of pyridine rings is 1. The van der Waals surface area contributed by atoms with Crippen LogP contribution in [0.3, 0.4) is 0 Å². The second-order valence-corrected chi connectivity index (χ2v) is 7.25. The van der Waals surface area contributed by atoms with Crippen molar-refractivity contribution in [3.8, 4) is 11.8 Å². The number of nitrogens with zero attached hydrogens (tertiary/aromatic N) is 3. The van der Waals surface area contributed by atoms with Crippen molar-refractivity contribution >= 4 is 29.4 Å². The number of alkyl halides is 2. The Labute approximate surface area is 186 Å². The summed E-state index contributed by atoms with van der Waals surface area (Å²) in [6.07, 6.45) is -1.17. The fourth-order valence-electron chi connectivity index (χ4n) is 3.24. The number of carbonyl (C=O) groups excluding carboxylic acids is 1. The van der Waals surface area contributed by atoms with E-state index in [0.29, 0.717) is 40.5 Å². The monoisotopic (exact) mass is 456 g/mol. The molecule has 0 saturated heterocycles. The van der Waals surface area contributed by atoms with Gasteiger partial charge in [-0.05, 0) is 53.9 Å². The summed E-state index contributed by atoms with van der Waals surface area (Å²) in [5, 5.41) is 10.6. The lowest BCUT2D eigenvalue weighted by Crippen LogP contribution is -2.35. The highest BCUT2D eigenvalue weighted by atomic mass is 35.5. The highest BCUT2D eigenvalue weighted by Gasteiger charge is 2.39. The number of hydrogen-bond acceptors (Lipinski definition) is 6. The van der Waals surface area contributed by atoms with Gasteiger partial charge in [0, 0.05) is 16.8 Å². The third kappa shape index (κ3) is 4.61. The molecule has 32 heavy (non-hydrogen) atoms. The molecule has 0 spiro atoms. The van der Waals surface area contributed by atoms with Crippen LogP contribution in [-0.4, -0.2) is 17.7 Å². The van der Waals surface area contributed by atoms with Crippen LogP contribution in [0.1, 0.15) is 22.4 Å². The highest BCUT2D eigenvalue weighted by Crippen LogP contribution is 2.38. The van der Waals surface area contributed by atoms with Gasteiger partial charge in [-0.25, -0.2) is 9.99 Å². The fourth-order valence-corrected chi connectivity index (χ4v) is 3.49. The van der Waals surface area contributed by atoms with Crippen LogP contribution in [0.4, 0.5) is 20.2 Å². The molecule has 162 valence electrons. The van der Waals surface area contributed by atoms with E-state index in [9.17, 15) is 13.6 Å². The molecule has 0 unspecified atom stereocenters. The summed E-state index contributed by atoms with van der Waals surface area (Å²) >= 11 is 6.42. The SMILES string of the molecule is N#Cc1cc(Cc2ccc(NN(C=O)c3cccc4c3COC(F)(F)O4)cc2Cl)ccn1. The second kappa shape index (κ2) is 8.78. The molecular weight excluding hydrogens is 442 g/mol. The molecule has 2 heterocycles. The Balaban J connectivity index is 1.54. The third-order valence-corrected chi connectivity index (χ3v) is 5.07. The maximum atomic E-state index is 13.3. The molecule has 3 aromatic rings. The molecule has 1 amide bonds. The normalized spacial score (nSPS) is 13.9. The first kappa shape index (κ1) is 21.5. The van der Waals surface area contributed by atoms with Gasteiger partial charge >= 0.3 is 6.29 Å². The zero-order valence-corrected chi connectivity index (χ0v) is 17.1. The number of hydrogen-bond donors (Lipinski definition) is 1. The minimum Gasteiger partial charge on any atom is -0.409 e. The fraction of sp³-hybridized carbons (Fsp3) is 0.136. The Morgan fingerprint density at radius 3 is 2.88 bits per heavy atom. The first-order valence-electron chi connectivity index (χ1n) is 9.36. The van der Waals surface area contributed by atoms with Crippen molar-refractivity contribution < 1.29 is 23.0 Å². The van der Waals surface area contributed by atoms with E-state index in [2.05, 4.69) is 19.9 Å². The molecular formula is C22H15ClF2N4O3. The van der Waals surface area contributed by atoms with E-state index in [1.807, 2.05) is 6.07 Å². The maximum absolute atomic E-state index is 13.3. The second-order valence-electron chi connectivity index (χ2n) is 6.84. The average molecular weight is 457 g/mol. The number of benzene rings is 2. The molecule has 1 N–H and O–H groups in total. The number of nitrogens with one attached hydrogen (secondary N) is 1. The number of halogens is 3. The number of carbonyl (C=O) groups is 1. The van der Waals surface area contributed by atoms with E-state index in [0.717, 1.165) is 16.1 Å². The van der Waals surface area contributed by atoms with Gasteiger partial charge in [-0.3, -0.25) is 15.0 Å². The molecule has 0 saturated carbocycles. The van der Waals surface area contributed by atoms with Gasteiger partial charge in [0.1, 0.15) is 17.5 Å². The number of ether oxygens (including phenoxy) is 2. The summed E-state index contributed by atoms with van der Waals surface area (Å²) in [5.74, 6) is -0.0742. The Morgan fingerprint density at radius 2 is 2.12 bits per heavy atom. The predicted octanol–water partition coefficient (Wildman–Crippen LogP) is 4.65. The van der Waals surface area contributed by atoms with Crippen LogP contribution in [-0.2, 0) is 22.6 Å². The molecule has 0 fully saturated rings. The summed E-state index contributed by atoms with van der Waals surface area (Å²) < 4.78 is 35.7. The summed E-state index contributed by atoms with van der Waals surface area (Å²) in [6.45, 7) is -0.430. The maximum Gasteiger partial charge on any atom is 0.535 e. The zero-order valence-electron chi connectivity index (χ0n) is 16.4. The minimum absolute atomic E-state index is 0.0742. The van der Waals surface area contributed by atoms with Gasteiger partial charge in [0.25, 0.3) is 0 Å². The van der Waals surface area contributed by atoms with Gasteiger partial charge in [-0.1, -0.05) is 23.7 Å². The van der Waals surface area contributed by atoms with Crippen molar-refractivity contribution in [1.29, 1.82) is 5.26 Å². The number of anilines is 2. The molecule has 10 heteroatoms. The van der Waals surface area contributed by atoms with Gasteiger partial charge in [0.05, 0.1) is 18.0 Å². The summed E-state index contributed by atoms with van der Waals surface area (Å²) in [6, 6.07) is 15.1. The van der Waals surface area contributed by atoms with Crippen LogP contribution < -0.4 is 15.2 Å². The summed E-state index contributed by atoms with van der Waals surface area (Å²) in [5.41, 5.74) is 5.99. The molecule has 2 aromatic carbocycles. The van der Waals surface area contributed by atoms with Crippen LogP contribution in [0.5, 0.6) is 5.75 Å². The van der Waals surface area contributed by atoms with Crippen molar-refractivity contribution in [3.63, 3.8) is 0 Å². The first-order chi connectivity index (χ1) is 15.4. The molecule has 0 atom stereocenters. The van der Waals surface area contributed by atoms with Crippen molar-refractivity contribution in [2.75, 3.05) is 10.4 Å². The molecule has 1 aromatic heterocycles. The first-order valence-corrected chi connectivity index (χ1v) is 9.73. The van der Waals surface area contributed by atoms with Gasteiger partial charge in [-0.2, -0.15) is 5.26 Å². The zero-order chi connectivity index (χ0) is 22.7. The van der Waals surface area contributed by atoms with Crippen LogP contribution in [0.25, 0.3) is 0 Å². The van der Waals surface area contributed by atoms with Gasteiger partial charge in [0.2, 0.25) is 6.41 Å². The number of fused-ring (bicyclic) bond motifs is 1. The predicted molar refractivity (Wildman–Crippen MR) is 112 cm³/mol. The molecule has 1 aliphatic rings. The van der Waals surface area contributed by atoms with Gasteiger partial charge in [0.15, 0.2) is 0 Å². The van der Waals surface area contributed by atoms with Crippen molar-refractivity contribution in [1.82, 2.24) is 4.98 Å². The molecule has 7 nitrogen and oxygen atoms in total. The Bertz CT molecular complexity index is 1220. The largest absolute Gasteiger partial charge is 0.535 e. The minimum atomic E-state index is -3.72. The number of amides is 1. The Kier molecular flexibility index (Phi) is 5.90. The lowest BCUT2D eigenvalue weighted by Gasteiger charge is -2.29. The van der Waals surface area contributed by atoms with E-state index < -0.39 is 12.9 Å². The summed E-state index contributed by atoms with van der Waals surface area (Å²) in [7, 11) is 0. The molecule has 1 aliphatic heterocycles. The molecule has 4 rings (SSSR count). The number of hydrazine groups is 1. The summed E-state index contributed by atoms with van der Waals surface area (Å²) in [4.78, 5) is 15.7. The molecule has 0 aliphatic carbocycles. The number of rotatable bonds is 6. The quantitative estimate of drug-likeness (QED) is 0.429. The third-order valence-electron chi connectivity index (χ3n) is 4.72. The van der Waals surface area contributed by atoms with Crippen molar-refractivity contribution in [3.05, 3.63) is 82.1 Å². The van der Waals surface area contributed by atoms with Crippen LogP contribution in [0.2, 0.25) is 5.02 Å². The van der Waals surface area contributed by atoms with E-state index in [-0.39, 0.29) is 5.75 Å². The van der Waals surface area contributed by atoms with Crippen LogP contribution in [0, 0.1) is 11.3 Å². The lowest BCUT2D eigenvalue weighted by atomic mass is 10.0. The van der Waals surface area contributed by atoms with Crippen molar-refractivity contribution in [2.24, 2.45) is 0 Å². The number of aromatic nitrogens is 1. The van der Waals surface area contributed by atoms with E-state index >= 15 is 0 Å². The van der Waals surface area contributed by atoms with Crippen LogP contribution >= 0.6 is 11.6 Å². The van der Waals surface area contributed by atoms with E-state index in [1.54, 1.807) is 42.6 Å². The standard InChI is InChI=1S/C22H15ClF2N4O3/c23-19-10-16(5-4-15(19)8-14-6-7-27-17(9-14)11-26)28-29(13-30)20-2-1-3-21-18(20)12-31-22(24,25)32-21/h1-7,9-10,13,28H,8,12H2. The van der Waals surface area contributed by atoms with E-state index in [1.165, 1.54) is 12.1 Å². The van der Waals surface area contributed by atoms with Gasteiger partial charge in [-0.15, -0.1) is 8.78 Å². The van der Waals surface area contributed by atoms with Crippen LogP contribution in [0.15, 0.2) is 54.7 Å². The lowest BCUT2D eigenvalue weighted by molar-refractivity contribution is -0.367. The molecule has 0 radical (unpaired) electrons. The van der Waals surface area contributed by atoms with E-state index in [4.69, 9.17) is 16.9 Å². The Hall–Kier alpha value is -3.74. The topological polar surface area (TPSA) is 87.5 Å². The highest BCUT2D eigenvalue weighted by molar-refractivity contribution is 6.31. The van der Waals surface area contributed by atoms with Gasteiger partial charge < -0.3 is 4.74 Å². The molecule has 0 bridgehead atoms. The average Bonchev–Trinajstić information content (AvgIpc) is 2.78. The number of nitriles is 1. The Morgan fingerprint density at radius 1 is 1.28 bits per heavy atom. The smallest absolute Gasteiger partial charge is 0.409 e.